The molecule has 2 aromatic rings. The van der Waals surface area contributed by atoms with E-state index in [2.05, 4.69) is 47.6 Å². The van der Waals surface area contributed by atoms with Crippen LogP contribution in [0, 0.1) is 0 Å². The summed E-state index contributed by atoms with van der Waals surface area (Å²) in [5, 5.41) is 16.6. The quantitative estimate of drug-likeness (QED) is 0.313. The molecule has 1 aliphatic rings. The number of carboxylic acids is 1. The second-order valence-corrected chi connectivity index (χ2v) is 9.10. The summed E-state index contributed by atoms with van der Waals surface area (Å²) in [6, 6.07) is 11.9. The molecule has 0 aromatic heterocycles. The number of ether oxygens (including phenoxy) is 1. The SMILES string of the molecule is CCCCN(CCCC)c1cc(C(=O)O)cc(NCC)c1Oc1cccc(C2CCNCC2)c1. The lowest BCUT2D eigenvalue weighted by atomic mass is 9.90. The molecule has 1 aliphatic heterocycles. The van der Waals surface area contributed by atoms with Gasteiger partial charge in [-0.3, -0.25) is 0 Å². The van der Waals surface area contributed by atoms with Gasteiger partial charge in [0.2, 0.25) is 0 Å². The van der Waals surface area contributed by atoms with Gasteiger partial charge in [0.05, 0.1) is 16.9 Å². The van der Waals surface area contributed by atoms with Crippen LogP contribution in [0.25, 0.3) is 0 Å². The highest BCUT2D eigenvalue weighted by atomic mass is 16.5. The van der Waals surface area contributed by atoms with E-state index in [0.29, 0.717) is 18.2 Å². The maximum Gasteiger partial charge on any atom is 0.335 e. The highest BCUT2D eigenvalue weighted by Gasteiger charge is 2.22. The van der Waals surface area contributed by atoms with Crippen molar-refractivity contribution in [2.45, 2.75) is 65.2 Å². The van der Waals surface area contributed by atoms with Gasteiger partial charge in [0, 0.05) is 19.6 Å². The van der Waals surface area contributed by atoms with Crippen LogP contribution in [0.2, 0.25) is 0 Å². The number of benzene rings is 2. The zero-order valence-electron chi connectivity index (χ0n) is 21.0. The number of hydrogen-bond donors (Lipinski definition) is 3. The van der Waals surface area contributed by atoms with Gasteiger partial charge >= 0.3 is 5.97 Å². The molecule has 1 heterocycles. The lowest BCUT2D eigenvalue weighted by molar-refractivity contribution is 0.0697. The predicted molar refractivity (Wildman–Crippen MR) is 141 cm³/mol. The number of hydrogen-bond acceptors (Lipinski definition) is 5. The number of aromatic carboxylic acids is 1. The second-order valence-electron chi connectivity index (χ2n) is 9.10. The molecular weight excluding hydrogens is 426 g/mol. The van der Waals surface area contributed by atoms with E-state index in [0.717, 1.165) is 81.8 Å². The highest BCUT2D eigenvalue weighted by Crippen LogP contribution is 2.41. The minimum absolute atomic E-state index is 0.278. The molecule has 3 rings (SSSR count). The molecule has 3 N–H and O–H groups in total. The summed E-state index contributed by atoms with van der Waals surface area (Å²) in [6.07, 6.45) is 6.51. The molecule has 0 aliphatic carbocycles. The fourth-order valence-electron chi connectivity index (χ4n) is 4.56. The van der Waals surface area contributed by atoms with Crippen LogP contribution in [0.4, 0.5) is 11.4 Å². The van der Waals surface area contributed by atoms with Gasteiger partial charge in [-0.2, -0.15) is 0 Å². The summed E-state index contributed by atoms with van der Waals surface area (Å²) in [7, 11) is 0. The van der Waals surface area contributed by atoms with Crippen molar-refractivity contribution in [3.05, 3.63) is 47.5 Å². The average molecular weight is 468 g/mol. The first kappa shape index (κ1) is 25.9. The zero-order valence-corrected chi connectivity index (χ0v) is 21.0. The first-order chi connectivity index (χ1) is 16.6. The molecule has 0 amide bonds. The molecule has 1 fully saturated rings. The maximum atomic E-state index is 12.0. The van der Waals surface area contributed by atoms with E-state index in [-0.39, 0.29) is 5.56 Å². The van der Waals surface area contributed by atoms with Crippen molar-refractivity contribution in [3.8, 4) is 11.5 Å². The molecule has 34 heavy (non-hydrogen) atoms. The third-order valence-electron chi connectivity index (χ3n) is 6.48. The molecule has 186 valence electrons. The molecule has 6 nitrogen and oxygen atoms in total. The predicted octanol–water partition coefficient (Wildman–Crippen LogP) is 6.48. The fraction of sp³-hybridized carbons (Fsp3) is 0.536. The van der Waals surface area contributed by atoms with Crippen LogP contribution < -0.4 is 20.3 Å². The Balaban J connectivity index is 2.03. The summed E-state index contributed by atoms with van der Waals surface area (Å²) in [5.41, 5.74) is 3.16. The third kappa shape index (κ3) is 6.89. The van der Waals surface area contributed by atoms with Gasteiger partial charge in [-0.15, -0.1) is 0 Å². The van der Waals surface area contributed by atoms with Crippen molar-refractivity contribution in [1.29, 1.82) is 0 Å². The molecule has 1 saturated heterocycles. The summed E-state index contributed by atoms with van der Waals surface area (Å²) in [6.45, 7) is 10.9. The van der Waals surface area contributed by atoms with Gasteiger partial charge in [0.1, 0.15) is 5.75 Å². The van der Waals surface area contributed by atoms with Crippen molar-refractivity contribution in [1.82, 2.24) is 5.32 Å². The van der Waals surface area contributed by atoms with E-state index in [9.17, 15) is 9.90 Å². The van der Waals surface area contributed by atoms with E-state index in [1.807, 2.05) is 13.0 Å². The van der Waals surface area contributed by atoms with E-state index in [4.69, 9.17) is 4.74 Å². The van der Waals surface area contributed by atoms with E-state index < -0.39 is 5.97 Å². The molecule has 2 aromatic carbocycles. The molecule has 0 spiro atoms. The third-order valence-corrected chi connectivity index (χ3v) is 6.48. The molecule has 0 atom stereocenters. The Morgan fingerprint density at radius 2 is 1.79 bits per heavy atom. The van der Waals surface area contributed by atoms with Crippen LogP contribution in [-0.2, 0) is 0 Å². The van der Waals surface area contributed by atoms with Crippen LogP contribution in [0.3, 0.4) is 0 Å². The Hall–Kier alpha value is -2.73. The van der Waals surface area contributed by atoms with Gasteiger partial charge in [0.25, 0.3) is 0 Å². The van der Waals surface area contributed by atoms with Gasteiger partial charge < -0.3 is 25.4 Å². The first-order valence-electron chi connectivity index (χ1n) is 13.0. The summed E-state index contributed by atoms with van der Waals surface area (Å²) in [4.78, 5) is 14.3. The summed E-state index contributed by atoms with van der Waals surface area (Å²) >= 11 is 0. The monoisotopic (exact) mass is 467 g/mol. The van der Waals surface area contributed by atoms with Gasteiger partial charge in [0.15, 0.2) is 5.75 Å². The number of nitrogens with one attached hydrogen (secondary N) is 2. The van der Waals surface area contributed by atoms with Crippen LogP contribution in [0.1, 0.15) is 81.1 Å². The minimum atomic E-state index is -0.925. The van der Waals surface area contributed by atoms with Gasteiger partial charge in [-0.1, -0.05) is 38.8 Å². The van der Waals surface area contributed by atoms with Crippen molar-refractivity contribution < 1.29 is 14.6 Å². The number of nitrogens with zero attached hydrogens (tertiary/aromatic N) is 1. The van der Waals surface area contributed by atoms with E-state index >= 15 is 0 Å². The number of piperidine rings is 1. The normalized spacial score (nSPS) is 14.1. The Morgan fingerprint density at radius 3 is 2.41 bits per heavy atom. The largest absolute Gasteiger partial charge is 0.478 e. The molecule has 0 unspecified atom stereocenters. The minimum Gasteiger partial charge on any atom is -0.478 e. The number of anilines is 2. The Morgan fingerprint density at radius 1 is 1.09 bits per heavy atom. The van der Waals surface area contributed by atoms with Crippen molar-refractivity contribution in [2.75, 3.05) is 42.9 Å². The number of carbonyl (C=O) groups is 1. The standard InChI is InChI=1S/C28H41N3O3/c1-4-7-16-31(17-8-5-2)26-20-23(28(32)33)19-25(30-6-3)27(26)34-24-11-9-10-22(18-24)21-12-14-29-15-13-21/h9-11,18-21,29-30H,4-8,12-17H2,1-3H3,(H,32,33). The maximum absolute atomic E-state index is 12.0. The highest BCUT2D eigenvalue weighted by molar-refractivity contribution is 5.92. The van der Waals surface area contributed by atoms with Crippen LogP contribution in [0.15, 0.2) is 36.4 Å². The smallest absolute Gasteiger partial charge is 0.335 e. The van der Waals surface area contributed by atoms with E-state index in [1.165, 1.54) is 5.56 Å². The lowest BCUT2D eigenvalue weighted by Crippen LogP contribution is -2.27. The summed E-state index contributed by atoms with van der Waals surface area (Å²) < 4.78 is 6.59. The fourth-order valence-corrected chi connectivity index (χ4v) is 4.56. The molecular formula is C28H41N3O3. The van der Waals surface area contributed by atoms with Crippen LogP contribution in [-0.4, -0.2) is 43.8 Å². The van der Waals surface area contributed by atoms with Crippen LogP contribution >= 0.6 is 0 Å². The second kappa shape index (κ2) is 13.2. The Labute approximate surface area is 204 Å². The topological polar surface area (TPSA) is 73.8 Å². The number of rotatable bonds is 13. The molecule has 0 bridgehead atoms. The van der Waals surface area contributed by atoms with Crippen molar-refractivity contribution in [3.63, 3.8) is 0 Å². The average Bonchev–Trinajstić information content (AvgIpc) is 2.86. The molecule has 6 heteroatoms. The van der Waals surface area contributed by atoms with Gasteiger partial charge in [-0.25, -0.2) is 4.79 Å². The molecule has 0 radical (unpaired) electrons. The summed E-state index contributed by atoms with van der Waals surface area (Å²) in [5.74, 6) is 1.12. The lowest BCUT2D eigenvalue weighted by Gasteiger charge is -2.29. The molecule has 0 saturated carbocycles. The van der Waals surface area contributed by atoms with Crippen molar-refractivity contribution in [2.24, 2.45) is 0 Å². The first-order valence-corrected chi connectivity index (χ1v) is 13.0. The number of carboxylic acid groups (broad SMARTS) is 1. The van der Waals surface area contributed by atoms with Gasteiger partial charge in [-0.05, 0) is 81.4 Å². The van der Waals surface area contributed by atoms with Crippen LogP contribution in [0.5, 0.6) is 11.5 Å². The Kier molecular flexibility index (Phi) is 10.1. The Bertz CT molecular complexity index is 917. The van der Waals surface area contributed by atoms with E-state index in [1.54, 1.807) is 12.1 Å². The number of unbranched alkanes of at least 4 members (excludes halogenated alkanes) is 2. The zero-order chi connectivity index (χ0) is 24.3. The van der Waals surface area contributed by atoms with Crippen molar-refractivity contribution >= 4 is 17.3 Å².